The fraction of sp³-hybridized carbons (Fsp3) is 0.462. The zero-order chi connectivity index (χ0) is 11.4. The standard InChI is InChI=1S/C13H16N2O/c1-16-12-4-2-11(3-5-12)13-8-10(9-14)6-7-15-13/h2-5,10,13,15H,6-8H2,1H3. The Bertz CT molecular complexity index is 380. The molecule has 1 aliphatic heterocycles. The molecule has 84 valence electrons. The van der Waals surface area contributed by atoms with Crippen molar-refractivity contribution < 1.29 is 4.74 Å². The Kier molecular flexibility index (Phi) is 3.43. The summed E-state index contributed by atoms with van der Waals surface area (Å²) in [6, 6.07) is 10.7. The fourth-order valence-corrected chi connectivity index (χ4v) is 2.12. The highest BCUT2D eigenvalue weighted by atomic mass is 16.5. The van der Waals surface area contributed by atoms with Gasteiger partial charge in [-0.3, -0.25) is 0 Å². The number of hydrogen-bond acceptors (Lipinski definition) is 3. The molecule has 0 radical (unpaired) electrons. The van der Waals surface area contributed by atoms with E-state index in [0.29, 0.717) is 6.04 Å². The Balaban J connectivity index is 2.08. The Labute approximate surface area is 96.0 Å². The predicted octanol–water partition coefficient (Wildman–Crippen LogP) is 2.26. The van der Waals surface area contributed by atoms with Gasteiger partial charge in [0.15, 0.2) is 0 Å². The lowest BCUT2D eigenvalue weighted by molar-refractivity contribution is 0.356. The van der Waals surface area contributed by atoms with Crippen LogP contribution in [0.3, 0.4) is 0 Å². The van der Waals surface area contributed by atoms with Crippen LogP contribution in [0, 0.1) is 17.2 Å². The van der Waals surface area contributed by atoms with Gasteiger partial charge >= 0.3 is 0 Å². The number of hydrogen-bond donors (Lipinski definition) is 1. The summed E-state index contributed by atoms with van der Waals surface area (Å²) in [7, 11) is 1.67. The molecule has 3 nitrogen and oxygen atoms in total. The van der Waals surface area contributed by atoms with Crippen molar-refractivity contribution in [1.82, 2.24) is 5.32 Å². The molecule has 0 bridgehead atoms. The van der Waals surface area contributed by atoms with Crippen LogP contribution in [0.2, 0.25) is 0 Å². The van der Waals surface area contributed by atoms with E-state index in [9.17, 15) is 0 Å². The smallest absolute Gasteiger partial charge is 0.118 e. The minimum absolute atomic E-state index is 0.188. The lowest BCUT2D eigenvalue weighted by Gasteiger charge is -2.27. The van der Waals surface area contributed by atoms with Crippen LogP contribution in [0.25, 0.3) is 0 Å². The highest BCUT2D eigenvalue weighted by molar-refractivity contribution is 5.29. The van der Waals surface area contributed by atoms with Crippen molar-refractivity contribution in [3.63, 3.8) is 0 Å². The third-order valence-electron chi connectivity index (χ3n) is 3.10. The summed E-state index contributed by atoms with van der Waals surface area (Å²) in [5.74, 6) is 1.06. The number of piperidine rings is 1. The minimum atomic E-state index is 0.188. The minimum Gasteiger partial charge on any atom is -0.497 e. The molecule has 2 rings (SSSR count). The quantitative estimate of drug-likeness (QED) is 0.824. The zero-order valence-corrected chi connectivity index (χ0v) is 9.44. The number of rotatable bonds is 2. The molecule has 2 atom stereocenters. The van der Waals surface area contributed by atoms with Gasteiger partial charge in [0.1, 0.15) is 5.75 Å². The van der Waals surface area contributed by atoms with E-state index in [-0.39, 0.29) is 5.92 Å². The first-order valence-electron chi connectivity index (χ1n) is 5.60. The average molecular weight is 216 g/mol. The Morgan fingerprint density at radius 3 is 2.75 bits per heavy atom. The molecule has 1 heterocycles. The second-order valence-electron chi connectivity index (χ2n) is 4.13. The summed E-state index contributed by atoms with van der Waals surface area (Å²) in [5.41, 5.74) is 1.24. The maximum Gasteiger partial charge on any atom is 0.118 e. The Morgan fingerprint density at radius 1 is 1.38 bits per heavy atom. The van der Waals surface area contributed by atoms with Crippen LogP contribution in [-0.2, 0) is 0 Å². The first kappa shape index (κ1) is 11.0. The number of nitrogens with zero attached hydrogens (tertiary/aromatic N) is 1. The van der Waals surface area contributed by atoms with Crippen LogP contribution < -0.4 is 10.1 Å². The van der Waals surface area contributed by atoms with Crippen molar-refractivity contribution in [1.29, 1.82) is 5.26 Å². The second kappa shape index (κ2) is 5.00. The van der Waals surface area contributed by atoms with Crippen LogP contribution in [-0.4, -0.2) is 13.7 Å². The zero-order valence-electron chi connectivity index (χ0n) is 9.44. The van der Waals surface area contributed by atoms with Crippen LogP contribution in [0.4, 0.5) is 0 Å². The maximum atomic E-state index is 8.94. The summed E-state index contributed by atoms with van der Waals surface area (Å²) < 4.78 is 5.13. The van der Waals surface area contributed by atoms with Gasteiger partial charge in [0.05, 0.1) is 13.2 Å². The lowest BCUT2D eigenvalue weighted by Crippen LogP contribution is -2.31. The fourth-order valence-electron chi connectivity index (χ4n) is 2.12. The largest absolute Gasteiger partial charge is 0.497 e. The van der Waals surface area contributed by atoms with Gasteiger partial charge in [0.2, 0.25) is 0 Å². The number of ether oxygens (including phenoxy) is 1. The van der Waals surface area contributed by atoms with Crippen molar-refractivity contribution in [3.05, 3.63) is 29.8 Å². The van der Waals surface area contributed by atoms with Crippen molar-refractivity contribution in [2.75, 3.05) is 13.7 Å². The highest BCUT2D eigenvalue weighted by Crippen LogP contribution is 2.27. The summed E-state index contributed by atoms with van der Waals surface area (Å²) in [5, 5.41) is 12.4. The molecule has 1 aromatic carbocycles. The molecule has 0 amide bonds. The molecule has 1 N–H and O–H groups in total. The van der Waals surface area contributed by atoms with E-state index in [2.05, 4.69) is 23.5 Å². The van der Waals surface area contributed by atoms with Gasteiger partial charge < -0.3 is 10.1 Å². The molecular weight excluding hydrogens is 200 g/mol. The van der Waals surface area contributed by atoms with E-state index in [1.165, 1.54) is 5.56 Å². The summed E-state index contributed by atoms with van der Waals surface area (Å²) in [4.78, 5) is 0. The molecule has 1 aliphatic rings. The Hall–Kier alpha value is -1.53. The van der Waals surface area contributed by atoms with E-state index >= 15 is 0 Å². The van der Waals surface area contributed by atoms with Crippen molar-refractivity contribution in [2.45, 2.75) is 18.9 Å². The normalized spacial score (nSPS) is 24.8. The first-order chi connectivity index (χ1) is 7.83. The van der Waals surface area contributed by atoms with Gasteiger partial charge in [-0.2, -0.15) is 5.26 Å². The number of nitrogens with one attached hydrogen (secondary N) is 1. The molecule has 1 aromatic rings. The third-order valence-corrected chi connectivity index (χ3v) is 3.10. The van der Waals surface area contributed by atoms with Gasteiger partial charge in [0.25, 0.3) is 0 Å². The molecule has 0 spiro atoms. The molecule has 16 heavy (non-hydrogen) atoms. The molecule has 0 aliphatic carbocycles. The lowest BCUT2D eigenvalue weighted by atomic mass is 9.90. The summed E-state index contributed by atoms with van der Waals surface area (Å²) in [6.07, 6.45) is 1.87. The van der Waals surface area contributed by atoms with Crippen molar-refractivity contribution >= 4 is 0 Å². The van der Waals surface area contributed by atoms with E-state index in [1.807, 2.05) is 12.1 Å². The molecule has 1 fully saturated rings. The Morgan fingerprint density at radius 2 is 2.12 bits per heavy atom. The maximum absolute atomic E-state index is 8.94. The van der Waals surface area contributed by atoms with Crippen LogP contribution in [0.15, 0.2) is 24.3 Å². The molecule has 3 heteroatoms. The first-order valence-corrected chi connectivity index (χ1v) is 5.60. The third kappa shape index (κ3) is 2.34. The van der Waals surface area contributed by atoms with Gasteiger partial charge in [0, 0.05) is 12.0 Å². The van der Waals surface area contributed by atoms with E-state index in [0.717, 1.165) is 25.1 Å². The molecule has 2 unspecified atom stereocenters. The van der Waals surface area contributed by atoms with Crippen LogP contribution in [0.1, 0.15) is 24.4 Å². The van der Waals surface area contributed by atoms with Crippen LogP contribution in [0.5, 0.6) is 5.75 Å². The van der Waals surface area contributed by atoms with E-state index in [1.54, 1.807) is 7.11 Å². The van der Waals surface area contributed by atoms with E-state index in [4.69, 9.17) is 10.00 Å². The molecule has 0 saturated carbocycles. The van der Waals surface area contributed by atoms with Gasteiger partial charge in [-0.1, -0.05) is 12.1 Å². The van der Waals surface area contributed by atoms with Gasteiger partial charge in [-0.05, 0) is 37.1 Å². The SMILES string of the molecule is COc1ccc(C2CC(C#N)CCN2)cc1. The number of methoxy groups -OCH3 is 1. The summed E-state index contributed by atoms with van der Waals surface area (Å²) in [6.45, 7) is 0.926. The average Bonchev–Trinajstić information content (AvgIpc) is 2.39. The second-order valence-corrected chi connectivity index (χ2v) is 4.13. The van der Waals surface area contributed by atoms with Crippen LogP contribution >= 0.6 is 0 Å². The van der Waals surface area contributed by atoms with Crippen molar-refractivity contribution in [3.8, 4) is 11.8 Å². The molecule has 0 aromatic heterocycles. The van der Waals surface area contributed by atoms with E-state index < -0.39 is 0 Å². The van der Waals surface area contributed by atoms with Gasteiger partial charge in [-0.15, -0.1) is 0 Å². The highest BCUT2D eigenvalue weighted by Gasteiger charge is 2.22. The predicted molar refractivity (Wildman–Crippen MR) is 62.1 cm³/mol. The monoisotopic (exact) mass is 216 g/mol. The number of nitriles is 1. The summed E-state index contributed by atoms with van der Waals surface area (Å²) >= 11 is 0. The van der Waals surface area contributed by atoms with Gasteiger partial charge in [-0.25, -0.2) is 0 Å². The molecule has 1 saturated heterocycles. The molecular formula is C13H16N2O. The number of benzene rings is 1. The topological polar surface area (TPSA) is 45.0 Å². The van der Waals surface area contributed by atoms with Crippen molar-refractivity contribution in [2.24, 2.45) is 5.92 Å².